The van der Waals surface area contributed by atoms with E-state index in [1.807, 2.05) is 30.0 Å². The van der Waals surface area contributed by atoms with Crippen molar-refractivity contribution in [1.29, 1.82) is 0 Å². The van der Waals surface area contributed by atoms with Gasteiger partial charge in [0.2, 0.25) is 5.91 Å². The number of hydrogen-bond acceptors (Lipinski definition) is 7. The Morgan fingerprint density at radius 1 is 0.947 bits per heavy atom. The molecule has 1 saturated heterocycles. The van der Waals surface area contributed by atoms with E-state index in [4.69, 9.17) is 23.2 Å². The molecule has 200 valence electrons. The topological polar surface area (TPSA) is 98.7 Å². The second kappa shape index (κ2) is 11.0. The van der Waals surface area contributed by atoms with Gasteiger partial charge >= 0.3 is 0 Å². The van der Waals surface area contributed by atoms with Gasteiger partial charge in [-0.2, -0.15) is 0 Å². The Kier molecular flexibility index (Phi) is 7.65. The summed E-state index contributed by atoms with van der Waals surface area (Å²) >= 11 is 11.9. The number of anilines is 3. The van der Waals surface area contributed by atoms with Crippen LogP contribution in [-0.2, 0) is 21.2 Å². The van der Waals surface area contributed by atoms with Crippen LogP contribution in [-0.4, -0.2) is 68.2 Å². The zero-order valence-corrected chi connectivity index (χ0v) is 23.2. The quantitative estimate of drug-likeness (QED) is 0.473. The van der Waals surface area contributed by atoms with Crippen LogP contribution in [0.1, 0.15) is 18.9 Å². The molecule has 5 rings (SSSR count). The van der Waals surface area contributed by atoms with Crippen molar-refractivity contribution in [2.75, 3.05) is 47.2 Å². The highest BCUT2D eigenvalue weighted by Crippen LogP contribution is 2.31. The number of nitrogens with zero attached hydrogens (tertiary/aromatic N) is 5. The largest absolute Gasteiger partial charge is 0.368 e. The molecular formula is C26H28Cl2N6O3S. The Morgan fingerprint density at radius 3 is 2.37 bits per heavy atom. The van der Waals surface area contributed by atoms with Crippen LogP contribution >= 0.6 is 23.2 Å². The number of rotatable bonds is 6. The van der Waals surface area contributed by atoms with Gasteiger partial charge in [-0.05, 0) is 79.9 Å². The minimum atomic E-state index is -3.82. The minimum Gasteiger partial charge on any atom is -0.368 e. The Labute approximate surface area is 232 Å². The molecule has 3 aromatic rings. The third kappa shape index (κ3) is 5.67. The first-order chi connectivity index (χ1) is 18.2. The standard InChI is InChI=1S/C26H28Cl2N6O3S/c1-18(34-12-2-3-19-17-20(27)4-9-23(19)34)26(35)33-15-13-32(14-16-33)21-5-7-22(8-6-21)38(36,37)31-25-11-10-24(28)29-30-25/h4-11,17-18H,2-3,12-16H2,1H3,(H,30,31)/t18-/m1/s1. The molecule has 1 fully saturated rings. The first kappa shape index (κ1) is 26.5. The summed E-state index contributed by atoms with van der Waals surface area (Å²) in [6.45, 7) is 5.34. The van der Waals surface area contributed by atoms with Crippen LogP contribution in [0.4, 0.5) is 17.2 Å². The maximum absolute atomic E-state index is 13.4. The lowest BCUT2D eigenvalue weighted by Gasteiger charge is -2.41. The van der Waals surface area contributed by atoms with Crippen molar-refractivity contribution < 1.29 is 13.2 Å². The van der Waals surface area contributed by atoms with Crippen molar-refractivity contribution >= 4 is 56.3 Å². The molecule has 9 nitrogen and oxygen atoms in total. The Bertz CT molecular complexity index is 1410. The van der Waals surface area contributed by atoms with Crippen molar-refractivity contribution in [3.05, 3.63) is 70.3 Å². The van der Waals surface area contributed by atoms with Gasteiger partial charge in [-0.15, -0.1) is 10.2 Å². The average Bonchev–Trinajstić information content (AvgIpc) is 2.93. The van der Waals surface area contributed by atoms with Crippen LogP contribution in [0.3, 0.4) is 0 Å². The number of halogens is 2. The summed E-state index contributed by atoms with van der Waals surface area (Å²) in [4.78, 5) is 19.8. The molecule has 2 aliphatic rings. The Hall–Kier alpha value is -3.08. The van der Waals surface area contributed by atoms with Gasteiger partial charge in [-0.1, -0.05) is 23.2 Å². The van der Waals surface area contributed by atoms with Gasteiger partial charge < -0.3 is 14.7 Å². The summed E-state index contributed by atoms with van der Waals surface area (Å²) in [5.74, 6) is 0.204. The fraction of sp³-hybridized carbons (Fsp3) is 0.346. The second-order valence-electron chi connectivity index (χ2n) is 9.40. The zero-order chi connectivity index (χ0) is 26.9. The Morgan fingerprint density at radius 2 is 1.68 bits per heavy atom. The SMILES string of the molecule is C[C@H](C(=O)N1CCN(c2ccc(S(=O)(=O)Nc3ccc(Cl)nn3)cc2)CC1)N1CCCc2cc(Cl)ccc21. The van der Waals surface area contributed by atoms with Crippen molar-refractivity contribution in [1.82, 2.24) is 15.1 Å². The summed E-state index contributed by atoms with van der Waals surface area (Å²) in [6, 6.07) is 15.2. The van der Waals surface area contributed by atoms with Gasteiger partial charge in [-0.25, -0.2) is 8.42 Å². The van der Waals surface area contributed by atoms with Gasteiger partial charge in [0.15, 0.2) is 11.0 Å². The molecule has 0 bridgehead atoms. The number of piperazine rings is 1. The van der Waals surface area contributed by atoms with E-state index in [2.05, 4.69) is 24.7 Å². The molecule has 1 amide bonds. The van der Waals surface area contributed by atoms with Crippen molar-refractivity contribution in [3.8, 4) is 0 Å². The van der Waals surface area contributed by atoms with Gasteiger partial charge in [0, 0.05) is 49.1 Å². The lowest BCUT2D eigenvalue weighted by atomic mass is 10.00. The first-order valence-corrected chi connectivity index (χ1v) is 14.7. The second-order valence-corrected chi connectivity index (χ2v) is 11.9. The number of nitrogens with one attached hydrogen (secondary N) is 1. The molecule has 1 N–H and O–H groups in total. The number of amides is 1. The molecule has 0 saturated carbocycles. The molecule has 0 spiro atoms. The lowest BCUT2D eigenvalue weighted by Crippen LogP contribution is -2.55. The number of aryl methyl sites for hydroxylation is 1. The molecule has 2 aromatic carbocycles. The van der Waals surface area contributed by atoms with Crippen LogP contribution in [0.15, 0.2) is 59.5 Å². The molecule has 3 heterocycles. The van der Waals surface area contributed by atoms with E-state index in [1.165, 1.54) is 17.7 Å². The number of benzene rings is 2. The number of sulfonamides is 1. The lowest BCUT2D eigenvalue weighted by molar-refractivity contribution is -0.132. The molecule has 38 heavy (non-hydrogen) atoms. The van der Waals surface area contributed by atoms with Crippen LogP contribution < -0.4 is 14.5 Å². The monoisotopic (exact) mass is 574 g/mol. The van der Waals surface area contributed by atoms with E-state index < -0.39 is 10.0 Å². The van der Waals surface area contributed by atoms with Crippen molar-refractivity contribution in [3.63, 3.8) is 0 Å². The summed E-state index contributed by atoms with van der Waals surface area (Å²) in [5, 5.41) is 8.28. The number of aromatic nitrogens is 2. The predicted molar refractivity (Wildman–Crippen MR) is 150 cm³/mol. The maximum Gasteiger partial charge on any atom is 0.263 e. The third-order valence-corrected chi connectivity index (χ3v) is 8.80. The van der Waals surface area contributed by atoms with E-state index in [-0.39, 0.29) is 27.8 Å². The van der Waals surface area contributed by atoms with Gasteiger partial charge in [-0.3, -0.25) is 9.52 Å². The summed E-state index contributed by atoms with van der Waals surface area (Å²) in [6.07, 6.45) is 1.96. The molecule has 1 aromatic heterocycles. The van der Waals surface area contributed by atoms with E-state index in [9.17, 15) is 13.2 Å². The normalized spacial score (nSPS) is 16.7. The van der Waals surface area contributed by atoms with Crippen LogP contribution in [0.25, 0.3) is 0 Å². The van der Waals surface area contributed by atoms with E-state index in [0.29, 0.717) is 26.2 Å². The van der Waals surface area contributed by atoms with E-state index >= 15 is 0 Å². The summed E-state index contributed by atoms with van der Waals surface area (Å²) < 4.78 is 27.8. The zero-order valence-electron chi connectivity index (χ0n) is 20.8. The average molecular weight is 576 g/mol. The van der Waals surface area contributed by atoms with Crippen LogP contribution in [0.5, 0.6) is 0 Å². The highest BCUT2D eigenvalue weighted by atomic mass is 35.5. The molecule has 12 heteroatoms. The fourth-order valence-electron chi connectivity index (χ4n) is 4.98. The molecular weight excluding hydrogens is 547 g/mol. The predicted octanol–water partition coefficient (Wildman–Crippen LogP) is 4.07. The summed E-state index contributed by atoms with van der Waals surface area (Å²) in [7, 11) is -3.82. The number of carbonyl (C=O) groups excluding carboxylic acids is 1. The van der Waals surface area contributed by atoms with Gasteiger partial charge in [0.05, 0.1) is 4.90 Å². The molecule has 1 atom stereocenters. The van der Waals surface area contributed by atoms with Gasteiger partial charge in [0.1, 0.15) is 6.04 Å². The highest BCUT2D eigenvalue weighted by molar-refractivity contribution is 7.92. The molecule has 0 aliphatic carbocycles. The Balaban J connectivity index is 1.19. The van der Waals surface area contributed by atoms with E-state index in [1.54, 1.807) is 24.3 Å². The summed E-state index contributed by atoms with van der Waals surface area (Å²) in [5.41, 5.74) is 3.18. The number of fused-ring (bicyclic) bond motifs is 1. The van der Waals surface area contributed by atoms with Crippen LogP contribution in [0, 0.1) is 0 Å². The minimum absolute atomic E-state index is 0.0883. The van der Waals surface area contributed by atoms with Crippen molar-refractivity contribution in [2.45, 2.75) is 30.7 Å². The van der Waals surface area contributed by atoms with Crippen molar-refractivity contribution in [2.24, 2.45) is 0 Å². The fourth-order valence-corrected chi connectivity index (χ4v) is 6.27. The van der Waals surface area contributed by atoms with Crippen LogP contribution in [0.2, 0.25) is 10.2 Å². The molecule has 0 radical (unpaired) electrons. The third-order valence-electron chi connectivity index (χ3n) is 7.00. The van der Waals surface area contributed by atoms with E-state index in [0.717, 1.165) is 35.8 Å². The first-order valence-electron chi connectivity index (χ1n) is 12.4. The molecule has 0 unspecified atom stereocenters. The molecule has 2 aliphatic heterocycles. The number of hydrogen-bond donors (Lipinski definition) is 1. The maximum atomic E-state index is 13.4. The number of carbonyl (C=O) groups is 1. The highest BCUT2D eigenvalue weighted by Gasteiger charge is 2.31. The smallest absolute Gasteiger partial charge is 0.263 e. The van der Waals surface area contributed by atoms with Gasteiger partial charge in [0.25, 0.3) is 10.0 Å².